The molecule has 0 nitrogen and oxygen atoms in total. The summed E-state index contributed by atoms with van der Waals surface area (Å²) in [4.78, 5) is 0. The minimum absolute atomic E-state index is 0. The van der Waals surface area contributed by atoms with E-state index in [9.17, 15) is 0 Å². The van der Waals surface area contributed by atoms with Crippen LogP contribution >= 0.6 is 0 Å². The smallest absolute Gasteiger partial charge is 0 e. The van der Waals surface area contributed by atoms with Crippen molar-refractivity contribution in [3.63, 3.8) is 0 Å². The third-order valence-electron chi connectivity index (χ3n) is 0. The molecule has 0 aromatic carbocycles. The van der Waals surface area contributed by atoms with Crippen molar-refractivity contribution in [3.05, 3.63) is 0 Å². The molecule has 0 aromatic heterocycles. The van der Waals surface area contributed by atoms with Gasteiger partial charge >= 0.3 is 0 Å². The molecule has 0 amide bonds. The van der Waals surface area contributed by atoms with E-state index in [4.69, 9.17) is 0 Å². The average molecular weight is 562 g/mol. The molecule has 0 aliphatic heterocycles. The van der Waals surface area contributed by atoms with Crippen LogP contribution in [0.5, 0.6) is 0 Å². The first-order valence-electron chi connectivity index (χ1n) is 0. The van der Waals surface area contributed by atoms with Crippen LogP contribution in [-0.4, -0.2) is 141 Å². The molecule has 5 heavy (non-hydrogen) atoms. The van der Waals surface area contributed by atoms with E-state index in [0.717, 1.165) is 0 Å². The molecule has 18 valence electrons. The van der Waals surface area contributed by atoms with Crippen molar-refractivity contribution in [2.24, 2.45) is 0 Å². The van der Waals surface area contributed by atoms with Crippen LogP contribution in [0.1, 0.15) is 0 Å². The number of hydrogen-bond donors (Lipinski definition) is 0. The zero-order valence-corrected chi connectivity index (χ0v) is 17.6. The Kier molecular flexibility index (Phi) is 156. The minimum Gasteiger partial charge on any atom is 0 e. The molecule has 5 heteroatoms. The van der Waals surface area contributed by atoms with Gasteiger partial charge in [0.25, 0.3) is 0 Å². The Morgan fingerprint density at radius 2 is 0.400 bits per heavy atom. The first kappa shape index (κ1) is 33.3. The molecule has 0 bridgehead atoms. The Morgan fingerprint density at radius 3 is 0.400 bits per heavy atom. The molecule has 18 radical (unpaired) electrons. The van der Waals surface area contributed by atoms with Crippen molar-refractivity contribution in [2.45, 2.75) is 0 Å². The molecule has 0 saturated carbocycles. The summed E-state index contributed by atoms with van der Waals surface area (Å²) in [5.41, 5.74) is 0. The second kappa shape index (κ2) is 23.4. The maximum Gasteiger partial charge on any atom is 0 e. The van der Waals surface area contributed by atoms with Gasteiger partial charge in [-0.1, -0.05) is 0 Å². The molecule has 0 aliphatic rings. The quantitative estimate of drug-likeness (QED) is 0.303. The summed E-state index contributed by atoms with van der Waals surface area (Å²) in [6, 6.07) is 0. The molecule has 0 spiro atoms. The first-order valence-corrected chi connectivity index (χ1v) is 0. The summed E-state index contributed by atoms with van der Waals surface area (Å²) in [6.45, 7) is 0. The van der Waals surface area contributed by atoms with Gasteiger partial charge in [-0.25, -0.2) is 0 Å². The molecule has 0 atom stereocenters. The third kappa shape index (κ3) is 17.7. The fourth-order valence-corrected chi connectivity index (χ4v) is 0. The predicted molar refractivity (Wildman–Crippen MR) is 28.8 cm³/mol. The summed E-state index contributed by atoms with van der Waals surface area (Å²) in [5.74, 6) is 0. The molecular weight excluding hydrogens is 562 g/mol. The van der Waals surface area contributed by atoms with Crippen molar-refractivity contribution < 1.29 is 0 Å². The second-order valence-electron chi connectivity index (χ2n) is 0. The van der Waals surface area contributed by atoms with Gasteiger partial charge in [0.2, 0.25) is 0 Å². The Morgan fingerprint density at radius 1 is 0.400 bits per heavy atom. The van der Waals surface area contributed by atoms with Gasteiger partial charge in [0.05, 0.1) is 0 Å². The molecular formula is Sn4Sr. The van der Waals surface area contributed by atoms with E-state index < -0.39 is 0 Å². The summed E-state index contributed by atoms with van der Waals surface area (Å²) in [6.07, 6.45) is 0. The Labute approximate surface area is 137 Å². The average Bonchev–Trinajstić information content (AvgIpc) is 0. The molecule has 0 rings (SSSR count). The van der Waals surface area contributed by atoms with Gasteiger partial charge in [0, 0.05) is 141 Å². The minimum atomic E-state index is 0. The monoisotopic (exact) mass is 568 g/mol. The molecule has 0 unspecified atom stereocenters. The maximum atomic E-state index is 0. The van der Waals surface area contributed by atoms with Crippen molar-refractivity contribution >= 4 is 141 Å². The summed E-state index contributed by atoms with van der Waals surface area (Å²) < 4.78 is 0. The van der Waals surface area contributed by atoms with E-state index >= 15 is 0 Å². The largest absolute Gasteiger partial charge is 0 e. The fraction of sp³-hybridized carbons (Fsp3) is 0. The zero-order chi connectivity index (χ0) is 0. The van der Waals surface area contributed by atoms with E-state index in [0.29, 0.717) is 0 Å². The molecule has 0 saturated heterocycles. The Hall–Kier alpha value is 4.68. The van der Waals surface area contributed by atoms with Gasteiger partial charge < -0.3 is 0 Å². The Bertz CT molecular complexity index is 3.61. The van der Waals surface area contributed by atoms with Crippen molar-refractivity contribution in [1.29, 1.82) is 0 Å². The predicted octanol–water partition coefficient (Wildman–Crippen LogP) is -1.90. The Balaban J connectivity index is 0. The van der Waals surface area contributed by atoms with Crippen LogP contribution < -0.4 is 0 Å². The standard InChI is InChI=1S/4Sn.Sr. The van der Waals surface area contributed by atoms with E-state index in [1.807, 2.05) is 0 Å². The summed E-state index contributed by atoms with van der Waals surface area (Å²) in [5, 5.41) is 0. The van der Waals surface area contributed by atoms with Crippen molar-refractivity contribution in [2.75, 3.05) is 0 Å². The van der Waals surface area contributed by atoms with Gasteiger partial charge in [-0.15, -0.1) is 0 Å². The normalized spacial score (nSPS) is 0. The summed E-state index contributed by atoms with van der Waals surface area (Å²) >= 11 is 0. The summed E-state index contributed by atoms with van der Waals surface area (Å²) in [7, 11) is 0. The van der Waals surface area contributed by atoms with Crippen molar-refractivity contribution in [3.8, 4) is 0 Å². The molecule has 0 fully saturated rings. The van der Waals surface area contributed by atoms with Crippen molar-refractivity contribution in [1.82, 2.24) is 0 Å². The van der Waals surface area contributed by atoms with Crippen LogP contribution in [0, 0.1) is 0 Å². The number of hydrogen-bond acceptors (Lipinski definition) is 0. The van der Waals surface area contributed by atoms with Crippen LogP contribution in [0.2, 0.25) is 0 Å². The van der Waals surface area contributed by atoms with Crippen LogP contribution in [-0.2, 0) is 0 Å². The molecule has 0 aromatic rings. The molecule has 0 N–H and O–H groups in total. The maximum absolute atomic E-state index is 0. The molecule has 0 aliphatic carbocycles. The van der Waals surface area contributed by atoms with E-state index in [1.165, 1.54) is 0 Å². The third-order valence-corrected chi connectivity index (χ3v) is 0. The van der Waals surface area contributed by atoms with Crippen LogP contribution in [0.3, 0.4) is 0 Å². The van der Waals surface area contributed by atoms with Crippen LogP contribution in [0.4, 0.5) is 0 Å². The SMILES string of the molecule is [Sn].[Sn].[Sn].[Sn].[Sr]. The van der Waals surface area contributed by atoms with E-state index in [1.54, 1.807) is 0 Å². The first-order chi connectivity index (χ1) is 0. The molecule has 0 heterocycles. The van der Waals surface area contributed by atoms with Crippen LogP contribution in [0.15, 0.2) is 0 Å². The van der Waals surface area contributed by atoms with Gasteiger partial charge in [-0.05, 0) is 0 Å². The topological polar surface area (TPSA) is 0 Å². The van der Waals surface area contributed by atoms with Gasteiger partial charge in [0.1, 0.15) is 0 Å². The van der Waals surface area contributed by atoms with Crippen LogP contribution in [0.25, 0.3) is 0 Å². The van der Waals surface area contributed by atoms with Gasteiger partial charge in [-0.2, -0.15) is 0 Å². The van der Waals surface area contributed by atoms with Gasteiger partial charge in [0.15, 0.2) is 0 Å². The zero-order valence-electron chi connectivity index (χ0n) is 2.71. The second-order valence-corrected chi connectivity index (χ2v) is 0. The number of rotatable bonds is 0. The van der Waals surface area contributed by atoms with E-state index in [-0.39, 0.29) is 141 Å². The fourth-order valence-electron chi connectivity index (χ4n) is 0. The van der Waals surface area contributed by atoms with E-state index in [2.05, 4.69) is 0 Å². The van der Waals surface area contributed by atoms with Gasteiger partial charge in [-0.3, -0.25) is 0 Å².